The molecule has 3 rings (SSSR count). The van der Waals surface area contributed by atoms with Gasteiger partial charge in [0.25, 0.3) is 0 Å². The van der Waals surface area contributed by atoms with Gasteiger partial charge in [-0.25, -0.2) is 4.79 Å². The topological polar surface area (TPSA) is 75.8 Å². The molecule has 1 aliphatic rings. The Hall–Kier alpha value is -2.29. The molecule has 0 spiro atoms. The summed E-state index contributed by atoms with van der Waals surface area (Å²) in [4.78, 5) is 12.9. The number of carbonyl (C=O) groups excluding carboxylic acids is 1. The third-order valence-corrected chi connectivity index (χ3v) is 3.85. The van der Waals surface area contributed by atoms with Crippen LogP contribution in [0, 0.1) is 0 Å². The number of hydrogen-bond acceptors (Lipinski definition) is 5. The van der Waals surface area contributed by atoms with Gasteiger partial charge in [-0.1, -0.05) is 11.2 Å². The molecule has 1 aromatic heterocycles. The van der Waals surface area contributed by atoms with Crippen LogP contribution >= 0.6 is 0 Å². The summed E-state index contributed by atoms with van der Waals surface area (Å²) in [5.74, 6) is 0.367. The summed E-state index contributed by atoms with van der Waals surface area (Å²) >= 11 is 0. The van der Waals surface area contributed by atoms with E-state index in [4.69, 9.17) is 14.4 Å². The highest BCUT2D eigenvalue weighted by molar-refractivity contribution is 5.98. The molecule has 1 aliphatic heterocycles. The van der Waals surface area contributed by atoms with Crippen LogP contribution in [0.2, 0.25) is 0 Å². The number of aliphatic hydroxyl groups excluding tert-OH is 1. The predicted octanol–water partition coefficient (Wildman–Crippen LogP) is 3.03. The number of benzene rings is 1. The lowest BCUT2D eigenvalue weighted by Crippen LogP contribution is -2.28. The Bertz CT molecular complexity index is 744. The first-order chi connectivity index (χ1) is 11.4. The van der Waals surface area contributed by atoms with E-state index in [0.29, 0.717) is 29.8 Å². The second-order valence-electron chi connectivity index (χ2n) is 5.55. The molecule has 1 saturated heterocycles. The average molecular weight is 344 g/mol. The standard InChI is InChI=1S/C15H15F3N2O4/c16-15(17,18)12(21)3-1-2-9-4-5-10-11(8-9)24-19-13(10)20-6-7-23-14(20)22/h4-5,8,12,21H,1-3,6-7H2/t12-/m1/s1. The number of cyclic esters (lactones) is 1. The van der Waals surface area contributed by atoms with E-state index in [0.717, 1.165) is 5.56 Å². The molecule has 0 bridgehead atoms. The van der Waals surface area contributed by atoms with Crippen molar-refractivity contribution in [1.82, 2.24) is 5.16 Å². The predicted molar refractivity (Wildman–Crippen MR) is 77.7 cm³/mol. The molecule has 130 valence electrons. The lowest BCUT2D eigenvalue weighted by atomic mass is 10.0. The first-order valence-corrected chi connectivity index (χ1v) is 7.43. The van der Waals surface area contributed by atoms with Gasteiger partial charge in [-0.2, -0.15) is 13.2 Å². The van der Waals surface area contributed by atoms with Crippen molar-refractivity contribution in [2.45, 2.75) is 31.5 Å². The fraction of sp³-hybridized carbons (Fsp3) is 0.467. The molecule has 0 saturated carbocycles. The second kappa shape index (κ2) is 6.31. The van der Waals surface area contributed by atoms with Crippen LogP contribution in [-0.4, -0.2) is 41.8 Å². The van der Waals surface area contributed by atoms with E-state index in [1.54, 1.807) is 18.2 Å². The number of ether oxygens (including phenoxy) is 1. The molecule has 1 amide bonds. The Balaban J connectivity index is 1.68. The van der Waals surface area contributed by atoms with Crippen LogP contribution in [0.25, 0.3) is 11.0 Å². The Morgan fingerprint density at radius 1 is 1.38 bits per heavy atom. The maximum absolute atomic E-state index is 12.2. The molecule has 2 heterocycles. The fourth-order valence-electron chi connectivity index (χ4n) is 2.57. The Morgan fingerprint density at radius 3 is 2.83 bits per heavy atom. The normalized spacial score (nSPS) is 16.7. The van der Waals surface area contributed by atoms with Gasteiger partial charge in [-0.05, 0) is 37.0 Å². The Labute approximate surface area is 134 Å². The van der Waals surface area contributed by atoms with E-state index in [1.165, 1.54) is 4.90 Å². The van der Waals surface area contributed by atoms with Crippen LogP contribution in [0.15, 0.2) is 22.7 Å². The zero-order valence-corrected chi connectivity index (χ0v) is 12.5. The molecule has 9 heteroatoms. The molecule has 1 N–H and O–H groups in total. The van der Waals surface area contributed by atoms with Crippen LogP contribution in [0.3, 0.4) is 0 Å². The smallest absolute Gasteiger partial charge is 0.415 e. The third kappa shape index (κ3) is 3.30. The van der Waals surface area contributed by atoms with Gasteiger partial charge >= 0.3 is 12.3 Å². The van der Waals surface area contributed by atoms with Crippen molar-refractivity contribution in [2.24, 2.45) is 0 Å². The number of aryl methyl sites for hydroxylation is 1. The highest BCUT2D eigenvalue weighted by atomic mass is 19.4. The minimum atomic E-state index is -4.59. The van der Waals surface area contributed by atoms with Gasteiger partial charge in [-0.15, -0.1) is 0 Å². The SMILES string of the molecule is O=C1OCCN1c1noc2cc(CCC[C@@H](O)C(F)(F)F)ccc12. The van der Waals surface area contributed by atoms with Crippen molar-refractivity contribution < 1.29 is 32.3 Å². The number of aliphatic hydroxyl groups is 1. The number of carbonyl (C=O) groups is 1. The highest BCUT2D eigenvalue weighted by Crippen LogP contribution is 2.29. The van der Waals surface area contributed by atoms with Crippen molar-refractivity contribution >= 4 is 22.9 Å². The van der Waals surface area contributed by atoms with Gasteiger partial charge in [-0.3, -0.25) is 4.90 Å². The number of rotatable bonds is 5. The number of nitrogens with zero attached hydrogens (tertiary/aromatic N) is 2. The molecule has 0 radical (unpaired) electrons. The van der Waals surface area contributed by atoms with Crippen LogP contribution in [0.1, 0.15) is 18.4 Å². The molecule has 1 fully saturated rings. The summed E-state index contributed by atoms with van der Waals surface area (Å²) in [6.07, 6.45) is -7.19. The van der Waals surface area contributed by atoms with Gasteiger partial charge in [0.15, 0.2) is 11.4 Å². The summed E-state index contributed by atoms with van der Waals surface area (Å²) in [5.41, 5.74) is 1.21. The first-order valence-electron chi connectivity index (χ1n) is 7.43. The minimum Gasteiger partial charge on any atom is -0.447 e. The van der Waals surface area contributed by atoms with Gasteiger partial charge in [0.05, 0.1) is 11.9 Å². The summed E-state index contributed by atoms with van der Waals surface area (Å²) in [5, 5.41) is 13.5. The maximum atomic E-state index is 12.2. The molecule has 1 atom stereocenters. The van der Waals surface area contributed by atoms with Crippen molar-refractivity contribution in [3.63, 3.8) is 0 Å². The molecular formula is C15H15F3N2O4. The van der Waals surface area contributed by atoms with Gasteiger partial charge in [0, 0.05) is 0 Å². The zero-order chi connectivity index (χ0) is 17.3. The first kappa shape index (κ1) is 16.6. The quantitative estimate of drug-likeness (QED) is 0.902. The van der Waals surface area contributed by atoms with Gasteiger partial charge < -0.3 is 14.4 Å². The Morgan fingerprint density at radius 2 is 2.17 bits per heavy atom. The summed E-state index contributed by atoms with van der Waals surface area (Å²) in [6, 6.07) is 5.12. The summed E-state index contributed by atoms with van der Waals surface area (Å²) in [6.45, 7) is 0.671. The minimum absolute atomic E-state index is 0.186. The molecule has 2 aromatic rings. The number of alkyl halides is 3. The number of amides is 1. The number of aromatic nitrogens is 1. The molecule has 0 unspecified atom stereocenters. The van der Waals surface area contributed by atoms with Crippen LogP contribution in [-0.2, 0) is 11.2 Å². The second-order valence-corrected chi connectivity index (χ2v) is 5.55. The lowest BCUT2D eigenvalue weighted by molar-refractivity contribution is -0.205. The number of halogens is 3. The fourth-order valence-corrected chi connectivity index (χ4v) is 2.57. The lowest BCUT2D eigenvalue weighted by Gasteiger charge is -2.13. The van der Waals surface area contributed by atoms with Gasteiger partial charge in [0.1, 0.15) is 12.7 Å². The van der Waals surface area contributed by atoms with Crippen molar-refractivity contribution in [1.29, 1.82) is 0 Å². The zero-order valence-electron chi connectivity index (χ0n) is 12.5. The molecule has 0 aliphatic carbocycles. The van der Waals surface area contributed by atoms with Crippen LogP contribution in [0.5, 0.6) is 0 Å². The van der Waals surface area contributed by atoms with E-state index in [9.17, 15) is 18.0 Å². The highest BCUT2D eigenvalue weighted by Gasteiger charge is 2.37. The largest absolute Gasteiger partial charge is 0.447 e. The average Bonchev–Trinajstić information content (AvgIpc) is 3.11. The molecule has 1 aromatic carbocycles. The summed E-state index contributed by atoms with van der Waals surface area (Å²) in [7, 11) is 0. The molecule has 6 nitrogen and oxygen atoms in total. The van der Waals surface area contributed by atoms with Crippen molar-refractivity contribution in [3.8, 4) is 0 Å². The van der Waals surface area contributed by atoms with Crippen LogP contribution < -0.4 is 4.90 Å². The molecule has 24 heavy (non-hydrogen) atoms. The van der Waals surface area contributed by atoms with E-state index < -0.39 is 18.4 Å². The maximum Gasteiger partial charge on any atom is 0.415 e. The third-order valence-electron chi connectivity index (χ3n) is 3.85. The van der Waals surface area contributed by atoms with Crippen molar-refractivity contribution in [3.05, 3.63) is 23.8 Å². The molecular weight excluding hydrogens is 329 g/mol. The van der Waals surface area contributed by atoms with E-state index in [1.807, 2.05) is 0 Å². The van der Waals surface area contributed by atoms with Crippen molar-refractivity contribution in [2.75, 3.05) is 18.1 Å². The Kier molecular flexibility index (Phi) is 4.35. The summed E-state index contributed by atoms with van der Waals surface area (Å²) < 4.78 is 46.8. The van der Waals surface area contributed by atoms with E-state index in [-0.39, 0.29) is 19.4 Å². The number of hydrogen-bond donors (Lipinski definition) is 1. The van der Waals surface area contributed by atoms with Crippen LogP contribution in [0.4, 0.5) is 23.8 Å². The van der Waals surface area contributed by atoms with E-state index in [2.05, 4.69) is 5.16 Å². The number of fused-ring (bicyclic) bond motifs is 1. The monoisotopic (exact) mass is 344 g/mol. The van der Waals surface area contributed by atoms with Gasteiger partial charge in [0.2, 0.25) is 0 Å². The van der Waals surface area contributed by atoms with E-state index >= 15 is 0 Å². The number of anilines is 1.